The number of hydrogen-bond donors (Lipinski definition) is 1. The summed E-state index contributed by atoms with van der Waals surface area (Å²) in [6, 6.07) is 2.22. The maximum Gasteiger partial charge on any atom is 0.225 e. The number of ether oxygens (including phenoxy) is 1. The summed E-state index contributed by atoms with van der Waals surface area (Å²) in [6.45, 7) is 1.89. The van der Waals surface area contributed by atoms with E-state index in [0.29, 0.717) is 17.8 Å². The zero-order valence-corrected chi connectivity index (χ0v) is 13.9. The molecule has 2 aliphatic rings. The minimum atomic E-state index is 0.395. The summed E-state index contributed by atoms with van der Waals surface area (Å²) in [6.07, 6.45) is 10.1. The van der Waals surface area contributed by atoms with Gasteiger partial charge in [-0.1, -0.05) is 0 Å². The lowest BCUT2D eigenvalue weighted by Gasteiger charge is -2.32. The summed E-state index contributed by atoms with van der Waals surface area (Å²) in [5.41, 5.74) is 1.29. The first-order valence-electron chi connectivity index (χ1n) is 8.51. The van der Waals surface area contributed by atoms with Gasteiger partial charge in [-0.15, -0.1) is 0 Å². The van der Waals surface area contributed by atoms with Gasteiger partial charge in [-0.3, -0.25) is 0 Å². The molecule has 0 atom stereocenters. The maximum absolute atomic E-state index is 5.13. The van der Waals surface area contributed by atoms with Gasteiger partial charge in [0.15, 0.2) is 0 Å². The molecular formula is C17H22N6O. The summed E-state index contributed by atoms with van der Waals surface area (Å²) in [5.74, 6) is 2.94. The topological polar surface area (TPSA) is 76.1 Å². The number of aromatic nitrogens is 4. The smallest absolute Gasteiger partial charge is 0.225 e. The zero-order valence-electron chi connectivity index (χ0n) is 13.9. The van der Waals surface area contributed by atoms with Crippen molar-refractivity contribution < 1.29 is 4.74 Å². The molecular weight excluding hydrogens is 304 g/mol. The van der Waals surface area contributed by atoms with Crippen molar-refractivity contribution in [3.8, 4) is 5.88 Å². The van der Waals surface area contributed by atoms with Gasteiger partial charge in [-0.25, -0.2) is 19.9 Å². The number of piperidine rings is 1. The molecule has 4 rings (SSSR count). The number of anilines is 2. The molecule has 0 spiro atoms. The highest BCUT2D eigenvalue weighted by Gasteiger charge is 2.25. The van der Waals surface area contributed by atoms with Gasteiger partial charge in [0.05, 0.1) is 7.11 Å². The van der Waals surface area contributed by atoms with E-state index in [1.807, 2.05) is 18.5 Å². The Hall–Kier alpha value is -2.44. The van der Waals surface area contributed by atoms with Gasteiger partial charge in [-0.05, 0) is 37.2 Å². The van der Waals surface area contributed by atoms with E-state index in [4.69, 9.17) is 4.74 Å². The van der Waals surface area contributed by atoms with Crippen LogP contribution in [0.15, 0.2) is 24.8 Å². The predicted octanol–water partition coefficient (Wildman–Crippen LogP) is 2.23. The van der Waals surface area contributed by atoms with Crippen LogP contribution in [0, 0.1) is 0 Å². The van der Waals surface area contributed by atoms with E-state index in [-0.39, 0.29) is 0 Å². The van der Waals surface area contributed by atoms with Gasteiger partial charge in [-0.2, -0.15) is 0 Å². The Balaban J connectivity index is 1.32. The monoisotopic (exact) mass is 326 g/mol. The van der Waals surface area contributed by atoms with E-state index in [0.717, 1.165) is 37.7 Å². The van der Waals surface area contributed by atoms with Gasteiger partial charge in [0.2, 0.25) is 11.8 Å². The van der Waals surface area contributed by atoms with Crippen molar-refractivity contribution >= 4 is 11.8 Å². The molecule has 0 radical (unpaired) electrons. The molecule has 126 valence electrons. The van der Waals surface area contributed by atoms with E-state index >= 15 is 0 Å². The first-order valence-corrected chi connectivity index (χ1v) is 8.51. The number of methoxy groups -OCH3 is 1. The van der Waals surface area contributed by atoms with Gasteiger partial charge >= 0.3 is 0 Å². The standard InChI is InChI=1S/C17H22N6O/c1-24-16-8-15(20-11-21-16)22-14-4-6-23(7-5-14)17-18-9-13(10-19-17)12-2-3-12/h8-12,14H,2-7H2,1H3,(H,20,21,22). The lowest BCUT2D eigenvalue weighted by molar-refractivity contribution is 0.397. The second-order valence-electron chi connectivity index (χ2n) is 6.44. The summed E-state index contributed by atoms with van der Waals surface area (Å²) in [7, 11) is 1.61. The van der Waals surface area contributed by atoms with E-state index in [1.54, 1.807) is 7.11 Å². The molecule has 7 heteroatoms. The molecule has 2 aromatic heterocycles. The Kier molecular flexibility index (Phi) is 4.15. The van der Waals surface area contributed by atoms with Gasteiger partial charge < -0.3 is 15.0 Å². The van der Waals surface area contributed by atoms with Crippen LogP contribution in [0.1, 0.15) is 37.2 Å². The van der Waals surface area contributed by atoms with Crippen LogP contribution in [0.2, 0.25) is 0 Å². The minimum absolute atomic E-state index is 0.395. The average Bonchev–Trinajstić information content (AvgIpc) is 3.48. The van der Waals surface area contributed by atoms with E-state index < -0.39 is 0 Å². The molecule has 0 bridgehead atoms. The Bertz CT molecular complexity index is 680. The average molecular weight is 326 g/mol. The fraction of sp³-hybridized carbons (Fsp3) is 0.529. The largest absolute Gasteiger partial charge is 0.481 e. The molecule has 24 heavy (non-hydrogen) atoms. The van der Waals surface area contributed by atoms with Crippen molar-refractivity contribution in [2.24, 2.45) is 0 Å². The molecule has 1 aliphatic carbocycles. The molecule has 1 N–H and O–H groups in total. The van der Waals surface area contributed by atoms with Crippen LogP contribution in [-0.4, -0.2) is 46.2 Å². The van der Waals surface area contributed by atoms with Crippen molar-refractivity contribution in [2.45, 2.75) is 37.6 Å². The maximum atomic E-state index is 5.13. The Morgan fingerprint density at radius 3 is 2.46 bits per heavy atom. The zero-order chi connectivity index (χ0) is 16.4. The van der Waals surface area contributed by atoms with Gasteiger partial charge in [0.1, 0.15) is 12.1 Å². The fourth-order valence-corrected chi connectivity index (χ4v) is 3.08. The van der Waals surface area contributed by atoms with Crippen LogP contribution in [0.25, 0.3) is 0 Å². The lowest BCUT2D eigenvalue weighted by atomic mass is 10.1. The summed E-state index contributed by atoms with van der Waals surface area (Å²) in [5, 5.41) is 3.46. The van der Waals surface area contributed by atoms with Crippen molar-refractivity contribution in [3.05, 3.63) is 30.4 Å². The predicted molar refractivity (Wildman–Crippen MR) is 91.4 cm³/mol. The van der Waals surface area contributed by atoms with Crippen molar-refractivity contribution in [3.63, 3.8) is 0 Å². The third-order valence-electron chi connectivity index (χ3n) is 4.69. The molecule has 0 amide bonds. The first-order chi connectivity index (χ1) is 11.8. The minimum Gasteiger partial charge on any atom is -0.481 e. The molecule has 1 saturated carbocycles. The molecule has 1 saturated heterocycles. The van der Waals surface area contributed by atoms with Crippen LogP contribution in [0.4, 0.5) is 11.8 Å². The highest BCUT2D eigenvalue weighted by Crippen LogP contribution is 2.39. The second-order valence-corrected chi connectivity index (χ2v) is 6.44. The number of nitrogens with one attached hydrogen (secondary N) is 1. The van der Waals surface area contributed by atoms with E-state index in [2.05, 4.69) is 30.2 Å². The van der Waals surface area contributed by atoms with Crippen molar-refractivity contribution in [1.29, 1.82) is 0 Å². The summed E-state index contributed by atoms with van der Waals surface area (Å²) >= 11 is 0. The highest BCUT2D eigenvalue weighted by atomic mass is 16.5. The number of nitrogens with zero attached hydrogens (tertiary/aromatic N) is 5. The van der Waals surface area contributed by atoms with Crippen LogP contribution in [-0.2, 0) is 0 Å². The first kappa shape index (κ1) is 15.1. The molecule has 7 nitrogen and oxygen atoms in total. The third kappa shape index (κ3) is 3.39. The van der Waals surface area contributed by atoms with E-state index in [1.165, 1.54) is 24.7 Å². The second kappa shape index (κ2) is 6.59. The Morgan fingerprint density at radius 2 is 1.79 bits per heavy atom. The lowest BCUT2D eigenvalue weighted by Crippen LogP contribution is -2.40. The normalized spacial score (nSPS) is 18.5. The molecule has 2 aromatic rings. The molecule has 0 aromatic carbocycles. The summed E-state index contributed by atoms with van der Waals surface area (Å²) < 4.78 is 5.13. The van der Waals surface area contributed by atoms with Crippen LogP contribution >= 0.6 is 0 Å². The molecule has 0 unspecified atom stereocenters. The number of hydrogen-bond acceptors (Lipinski definition) is 7. The quantitative estimate of drug-likeness (QED) is 0.903. The van der Waals surface area contributed by atoms with E-state index in [9.17, 15) is 0 Å². The van der Waals surface area contributed by atoms with Crippen LogP contribution in [0.5, 0.6) is 5.88 Å². The van der Waals surface area contributed by atoms with Gasteiger partial charge in [0.25, 0.3) is 0 Å². The Morgan fingerprint density at radius 1 is 1.04 bits per heavy atom. The van der Waals surface area contributed by atoms with Crippen LogP contribution < -0.4 is 15.0 Å². The highest BCUT2D eigenvalue weighted by molar-refractivity contribution is 5.39. The Labute approximate surface area is 141 Å². The molecule has 3 heterocycles. The van der Waals surface area contributed by atoms with Crippen molar-refractivity contribution in [1.82, 2.24) is 19.9 Å². The summed E-state index contributed by atoms with van der Waals surface area (Å²) in [4.78, 5) is 19.6. The molecule has 2 fully saturated rings. The van der Waals surface area contributed by atoms with Crippen LogP contribution in [0.3, 0.4) is 0 Å². The fourth-order valence-electron chi connectivity index (χ4n) is 3.08. The van der Waals surface area contributed by atoms with Crippen molar-refractivity contribution in [2.75, 3.05) is 30.4 Å². The molecule has 1 aliphatic heterocycles. The van der Waals surface area contributed by atoms with Gasteiger partial charge in [0, 0.05) is 37.6 Å². The third-order valence-corrected chi connectivity index (χ3v) is 4.69. The number of rotatable bonds is 5. The SMILES string of the molecule is COc1cc(NC2CCN(c3ncc(C4CC4)cn3)CC2)ncn1.